The molecule has 0 aliphatic carbocycles. The minimum atomic E-state index is -0.318. The lowest BCUT2D eigenvalue weighted by Crippen LogP contribution is -2.15. The van der Waals surface area contributed by atoms with Crippen LogP contribution < -0.4 is 15.8 Å². The Bertz CT molecular complexity index is 654. The van der Waals surface area contributed by atoms with Crippen LogP contribution in [0.1, 0.15) is 28.9 Å². The number of para-hydroxylation sites is 1. The van der Waals surface area contributed by atoms with Crippen molar-refractivity contribution in [1.29, 1.82) is 0 Å². The van der Waals surface area contributed by atoms with E-state index in [2.05, 4.69) is 5.32 Å². The average molecular weight is 286 g/mol. The first-order valence-corrected chi connectivity index (χ1v) is 6.55. The number of hydrogen-bond acceptors (Lipinski definition) is 4. The van der Waals surface area contributed by atoms with Crippen LogP contribution in [0.2, 0.25) is 0 Å². The topological polar surface area (TPSA) is 84.6 Å². The SMILES string of the molecule is COc1ccc(C(=O)Nc2ccccc2C(C)N)cc1O. The molecule has 2 aromatic carbocycles. The molecule has 0 aromatic heterocycles. The molecule has 2 rings (SSSR count). The van der Waals surface area contributed by atoms with Crippen LogP contribution in [-0.2, 0) is 0 Å². The zero-order valence-electron chi connectivity index (χ0n) is 12.0. The van der Waals surface area contributed by atoms with E-state index >= 15 is 0 Å². The molecule has 21 heavy (non-hydrogen) atoms. The van der Waals surface area contributed by atoms with E-state index < -0.39 is 0 Å². The van der Waals surface area contributed by atoms with E-state index in [1.165, 1.54) is 13.2 Å². The molecule has 110 valence electrons. The molecule has 0 radical (unpaired) electrons. The first kappa shape index (κ1) is 14.9. The maximum Gasteiger partial charge on any atom is 0.255 e. The number of carbonyl (C=O) groups excluding carboxylic acids is 1. The molecule has 0 bridgehead atoms. The fourth-order valence-electron chi connectivity index (χ4n) is 2.03. The third-order valence-electron chi connectivity index (χ3n) is 3.14. The number of phenols is 1. The molecule has 0 saturated carbocycles. The van der Waals surface area contributed by atoms with Gasteiger partial charge in [-0.15, -0.1) is 0 Å². The number of amides is 1. The number of carbonyl (C=O) groups is 1. The van der Waals surface area contributed by atoms with Crippen molar-refractivity contribution in [1.82, 2.24) is 0 Å². The van der Waals surface area contributed by atoms with Gasteiger partial charge in [0.25, 0.3) is 5.91 Å². The number of benzene rings is 2. The first-order chi connectivity index (χ1) is 10.0. The Morgan fingerprint density at radius 3 is 2.62 bits per heavy atom. The Kier molecular flexibility index (Phi) is 4.45. The van der Waals surface area contributed by atoms with Crippen molar-refractivity contribution >= 4 is 11.6 Å². The maximum atomic E-state index is 12.2. The molecule has 0 fully saturated rings. The molecule has 0 saturated heterocycles. The minimum Gasteiger partial charge on any atom is -0.504 e. The van der Waals surface area contributed by atoms with E-state index in [9.17, 15) is 9.90 Å². The van der Waals surface area contributed by atoms with Crippen LogP contribution in [0.4, 0.5) is 5.69 Å². The van der Waals surface area contributed by atoms with Gasteiger partial charge in [0.1, 0.15) is 0 Å². The Morgan fingerprint density at radius 2 is 2.00 bits per heavy atom. The Labute approximate surface area is 123 Å². The quantitative estimate of drug-likeness (QED) is 0.806. The summed E-state index contributed by atoms with van der Waals surface area (Å²) in [4.78, 5) is 12.2. The summed E-state index contributed by atoms with van der Waals surface area (Å²) in [5.74, 6) is -0.0748. The fourth-order valence-corrected chi connectivity index (χ4v) is 2.03. The predicted molar refractivity (Wildman–Crippen MR) is 81.7 cm³/mol. The molecule has 0 spiro atoms. The molecular formula is C16H18N2O3. The van der Waals surface area contributed by atoms with Crippen LogP contribution in [0, 0.1) is 0 Å². The fraction of sp³-hybridized carbons (Fsp3) is 0.188. The van der Waals surface area contributed by atoms with Crippen molar-refractivity contribution in [2.45, 2.75) is 13.0 Å². The Morgan fingerprint density at radius 1 is 1.29 bits per heavy atom. The standard InChI is InChI=1S/C16H18N2O3/c1-10(17)12-5-3-4-6-13(12)18-16(20)11-7-8-15(21-2)14(19)9-11/h3-10,19H,17H2,1-2H3,(H,18,20). The van der Waals surface area contributed by atoms with Crippen molar-refractivity contribution in [3.8, 4) is 11.5 Å². The summed E-state index contributed by atoms with van der Waals surface area (Å²) in [5, 5.41) is 12.5. The van der Waals surface area contributed by atoms with Gasteiger partial charge in [-0.3, -0.25) is 4.79 Å². The van der Waals surface area contributed by atoms with Crippen LogP contribution in [0.5, 0.6) is 11.5 Å². The van der Waals surface area contributed by atoms with E-state index in [0.717, 1.165) is 5.56 Å². The molecule has 0 aliphatic rings. The average Bonchev–Trinajstić information content (AvgIpc) is 2.47. The molecular weight excluding hydrogens is 268 g/mol. The number of methoxy groups -OCH3 is 1. The zero-order chi connectivity index (χ0) is 15.4. The molecule has 0 aliphatic heterocycles. The lowest BCUT2D eigenvalue weighted by Gasteiger charge is -2.14. The summed E-state index contributed by atoms with van der Waals surface area (Å²) in [5.41, 5.74) is 7.73. The van der Waals surface area contributed by atoms with E-state index in [4.69, 9.17) is 10.5 Å². The lowest BCUT2D eigenvalue weighted by molar-refractivity contribution is 0.102. The van der Waals surface area contributed by atoms with E-state index in [0.29, 0.717) is 17.0 Å². The lowest BCUT2D eigenvalue weighted by atomic mass is 10.1. The van der Waals surface area contributed by atoms with Crippen LogP contribution in [0.15, 0.2) is 42.5 Å². The number of nitrogens with two attached hydrogens (primary N) is 1. The molecule has 2 aromatic rings. The van der Waals surface area contributed by atoms with Gasteiger partial charge in [0.05, 0.1) is 7.11 Å². The molecule has 0 heterocycles. The van der Waals surface area contributed by atoms with Gasteiger partial charge in [0.15, 0.2) is 11.5 Å². The van der Waals surface area contributed by atoms with Crippen molar-refractivity contribution < 1.29 is 14.6 Å². The monoisotopic (exact) mass is 286 g/mol. The molecule has 4 N–H and O–H groups in total. The smallest absolute Gasteiger partial charge is 0.255 e. The van der Waals surface area contributed by atoms with Crippen LogP contribution in [0.3, 0.4) is 0 Å². The number of hydrogen-bond donors (Lipinski definition) is 3. The van der Waals surface area contributed by atoms with Crippen molar-refractivity contribution in [3.63, 3.8) is 0 Å². The van der Waals surface area contributed by atoms with Gasteiger partial charge in [-0.05, 0) is 36.8 Å². The van der Waals surface area contributed by atoms with Gasteiger partial charge in [-0.25, -0.2) is 0 Å². The molecule has 1 atom stereocenters. The van der Waals surface area contributed by atoms with Gasteiger partial charge < -0.3 is 20.9 Å². The summed E-state index contributed by atoms with van der Waals surface area (Å²) in [6.45, 7) is 1.85. The number of phenolic OH excluding ortho intramolecular Hbond substituents is 1. The van der Waals surface area contributed by atoms with E-state index in [1.807, 2.05) is 25.1 Å². The number of rotatable bonds is 4. The van der Waals surface area contributed by atoms with Crippen molar-refractivity contribution in [2.24, 2.45) is 5.73 Å². The zero-order valence-corrected chi connectivity index (χ0v) is 12.0. The minimum absolute atomic E-state index is 0.0781. The van der Waals surface area contributed by atoms with Gasteiger partial charge >= 0.3 is 0 Å². The van der Waals surface area contributed by atoms with E-state index in [1.54, 1.807) is 18.2 Å². The Hall–Kier alpha value is -2.53. The van der Waals surface area contributed by atoms with Crippen LogP contribution in [0.25, 0.3) is 0 Å². The van der Waals surface area contributed by atoms with Crippen LogP contribution >= 0.6 is 0 Å². The molecule has 5 heteroatoms. The molecule has 5 nitrogen and oxygen atoms in total. The van der Waals surface area contributed by atoms with Gasteiger partial charge in [-0.1, -0.05) is 18.2 Å². The highest BCUT2D eigenvalue weighted by Crippen LogP contribution is 2.27. The third kappa shape index (κ3) is 3.32. The Balaban J connectivity index is 2.24. The number of anilines is 1. The van der Waals surface area contributed by atoms with E-state index in [-0.39, 0.29) is 17.7 Å². The molecule has 1 amide bonds. The highest BCUT2D eigenvalue weighted by molar-refractivity contribution is 6.05. The summed E-state index contributed by atoms with van der Waals surface area (Å²) in [6, 6.07) is 11.7. The predicted octanol–water partition coefficient (Wildman–Crippen LogP) is 2.67. The van der Waals surface area contributed by atoms with Gasteiger partial charge in [0.2, 0.25) is 0 Å². The summed E-state index contributed by atoms with van der Waals surface area (Å²) < 4.78 is 4.95. The number of ether oxygens (including phenoxy) is 1. The number of nitrogens with one attached hydrogen (secondary N) is 1. The van der Waals surface area contributed by atoms with Crippen molar-refractivity contribution in [3.05, 3.63) is 53.6 Å². The second kappa shape index (κ2) is 6.28. The van der Waals surface area contributed by atoms with Crippen LogP contribution in [-0.4, -0.2) is 18.1 Å². The summed E-state index contributed by atoms with van der Waals surface area (Å²) in [6.07, 6.45) is 0. The highest BCUT2D eigenvalue weighted by Gasteiger charge is 2.12. The normalized spacial score (nSPS) is 11.8. The second-order valence-electron chi connectivity index (χ2n) is 4.72. The largest absolute Gasteiger partial charge is 0.504 e. The van der Waals surface area contributed by atoms with Crippen molar-refractivity contribution in [2.75, 3.05) is 12.4 Å². The van der Waals surface area contributed by atoms with Gasteiger partial charge in [-0.2, -0.15) is 0 Å². The number of aromatic hydroxyl groups is 1. The second-order valence-corrected chi connectivity index (χ2v) is 4.72. The van der Waals surface area contributed by atoms with Gasteiger partial charge in [0, 0.05) is 17.3 Å². The third-order valence-corrected chi connectivity index (χ3v) is 3.14. The molecule has 1 unspecified atom stereocenters. The summed E-state index contributed by atoms with van der Waals surface area (Å²) in [7, 11) is 1.45. The maximum absolute atomic E-state index is 12.2. The first-order valence-electron chi connectivity index (χ1n) is 6.55. The summed E-state index contributed by atoms with van der Waals surface area (Å²) >= 11 is 0. The highest BCUT2D eigenvalue weighted by atomic mass is 16.5.